The van der Waals surface area contributed by atoms with E-state index in [1.807, 2.05) is 18.2 Å². The molecule has 0 radical (unpaired) electrons. The average Bonchev–Trinajstić information content (AvgIpc) is 3.44. The number of alkyl halides is 3. The normalized spacial score (nSPS) is 18.9. The van der Waals surface area contributed by atoms with Crippen LogP contribution < -0.4 is 20.9 Å². The van der Waals surface area contributed by atoms with E-state index in [4.69, 9.17) is 4.98 Å². The third-order valence-corrected chi connectivity index (χ3v) is 7.86. The molecule has 39 heavy (non-hydrogen) atoms. The van der Waals surface area contributed by atoms with Crippen LogP contribution >= 0.6 is 11.3 Å². The Kier molecular flexibility index (Phi) is 6.55. The second-order valence-electron chi connectivity index (χ2n) is 9.53. The second kappa shape index (κ2) is 10.0. The first-order chi connectivity index (χ1) is 18.8. The molecule has 0 spiro atoms. The minimum Gasteiger partial charge on any atom is -0.350 e. The summed E-state index contributed by atoms with van der Waals surface area (Å²) in [6, 6.07) is 7.29. The van der Waals surface area contributed by atoms with Crippen LogP contribution in [0.25, 0.3) is 32.7 Å². The maximum absolute atomic E-state index is 13.5. The molecule has 202 valence electrons. The Labute approximate surface area is 225 Å². The third kappa shape index (κ3) is 4.99. The van der Waals surface area contributed by atoms with E-state index in [1.165, 1.54) is 0 Å². The smallest absolute Gasteiger partial charge is 0.350 e. The SMILES string of the molecule is CCNC(=O)Nc1cc(-c2nc(C(F)(F)F)cs2)c(-c2cc3ncccc3nc2N2CC3CCC2CN3)cn1. The number of hydrogen-bond donors (Lipinski definition) is 3. The van der Waals surface area contributed by atoms with Crippen LogP contribution in [0.4, 0.5) is 29.6 Å². The fraction of sp³-hybridized carbons (Fsp3) is 0.346. The van der Waals surface area contributed by atoms with Gasteiger partial charge in [-0.1, -0.05) is 0 Å². The molecule has 7 heterocycles. The molecule has 13 heteroatoms. The number of rotatable bonds is 5. The zero-order valence-corrected chi connectivity index (χ0v) is 21.7. The molecule has 9 nitrogen and oxygen atoms in total. The van der Waals surface area contributed by atoms with E-state index in [2.05, 4.69) is 35.8 Å². The number of piperidine rings is 2. The molecule has 7 rings (SSSR count). The molecular weight excluding hydrogens is 529 g/mol. The molecule has 2 bridgehead atoms. The van der Waals surface area contributed by atoms with Gasteiger partial charge in [-0.3, -0.25) is 10.3 Å². The van der Waals surface area contributed by atoms with Gasteiger partial charge in [-0.15, -0.1) is 11.3 Å². The van der Waals surface area contributed by atoms with E-state index in [0.29, 0.717) is 34.8 Å². The first-order valence-corrected chi connectivity index (χ1v) is 13.5. The van der Waals surface area contributed by atoms with Crippen molar-refractivity contribution in [1.29, 1.82) is 0 Å². The quantitative estimate of drug-likeness (QED) is 0.322. The van der Waals surface area contributed by atoms with E-state index >= 15 is 0 Å². The molecule has 2 atom stereocenters. The van der Waals surface area contributed by atoms with Crippen molar-refractivity contribution >= 4 is 40.0 Å². The molecule has 0 saturated carbocycles. The Hall–Kier alpha value is -3.84. The fourth-order valence-corrected chi connectivity index (χ4v) is 6.00. The third-order valence-electron chi connectivity index (χ3n) is 6.98. The van der Waals surface area contributed by atoms with Crippen LogP contribution in [0.1, 0.15) is 25.5 Å². The number of amides is 2. The number of pyridine rings is 3. The van der Waals surface area contributed by atoms with Crippen molar-refractivity contribution in [2.75, 3.05) is 29.9 Å². The van der Waals surface area contributed by atoms with Gasteiger partial charge in [-0.05, 0) is 44.0 Å². The van der Waals surface area contributed by atoms with Gasteiger partial charge >= 0.3 is 12.2 Å². The van der Waals surface area contributed by atoms with Gasteiger partial charge in [0.2, 0.25) is 0 Å². The van der Waals surface area contributed by atoms with E-state index in [-0.39, 0.29) is 16.9 Å². The summed E-state index contributed by atoms with van der Waals surface area (Å²) in [5.74, 6) is 0.921. The van der Waals surface area contributed by atoms with Gasteiger partial charge in [0.25, 0.3) is 0 Å². The van der Waals surface area contributed by atoms with Gasteiger partial charge in [-0.25, -0.2) is 19.7 Å². The van der Waals surface area contributed by atoms with Crippen molar-refractivity contribution in [2.45, 2.75) is 38.0 Å². The molecule has 3 N–H and O–H groups in total. The summed E-state index contributed by atoms with van der Waals surface area (Å²) in [5.41, 5.74) is 2.08. The Bertz CT molecular complexity index is 1530. The standard InChI is InChI=1S/C26H25F3N8OS/c1-2-30-25(38)36-22-9-17(24-35-21(13-39-24)26(27,28)29)18(11-33-22)16-8-20-19(4-3-7-31-20)34-23(16)37-12-14-5-6-15(37)10-32-14/h3-4,7-9,11,13-15,32H,2,5-6,10,12H2,1H3,(H2,30,33,36,38). The zero-order valence-electron chi connectivity index (χ0n) is 20.9. The van der Waals surface area contributed by atoms with Gasteiger partial charge in [0.1, 0.15) is 16.6 Å². The molecule has 3 aliphatic rings. The van der Waals surface area contributed by atoms with Gasteiger partial charge in [0, 0.05) is 66.2 Å². The number of piperazine rings is 1. The molecule has 3 saturated heterocycles. The van der Waals surface area contributed by atoms with E-state index in [1.54, 1.807) is 25.4 Å². The molecule has 3 aliphatic heterocycles. The number of hydrogen-bond acceptors (Lipinski definition) is 8. The van der Waals surface area contributed by atoms with Crippen molar-refractivity contribution in [1.82, 2.24) is 30.6 Å². The molecule has 4 aromatic heterocycles. The Morgan fingerprint density at radius 2 is 2.03 bits per heavy atom. The van der Waals surface area contributed by atoms with Crippen LogP contribution in [0.2, 0.25) is 0 Å². The minimum atomic E-state index is -4.58. The van der Waals surface area contributed by atoms with Crippen LogP contribution in [0.15, 0.2) is 42.0 Å². The highest BCUT2D eigenvalue weighted by Gasteiger charge is 2.37. The maximum atomic E-state index is 13.5. The van der Waals surface area contributed by atoms with Crippen molar-refractivity contribution in [2.24, 2.45) is 0 Å². The van der Waals surface area contributed by atoms with Gasteiger partial charge < -0.3 is 15.5 Å². The summed E-state index contributed by atoms with van der Waals surface area (Å²) in [4.78, 5) is 32.3. The van der Waals surface area contributed by atoms with E-state index in [9.17, 15) is 18.0 Å². The molecule has 2 amide bonds. The van der Waals surface area contributed by atoms with Crippen LogP contribution in [0.3, 0.4) is 0 Å². The highest BCUT2D eigenvalue weighted by molar-refractivity contribution is 7.13. The minimum absolute atomic E-state index is 0.160. The predicted octanol–water partition coefficient (Wildman–Crippen LogP) is 4.92. The Balaban J connectivity index is 1.54. The lowest BCUT2D eigenvalue weighted by Crippen LogP contribution is -2.61. The highest BCUT2D eigenvalue weighted by Crippen LogP contribution is 2.43. The molecule has 2 unspecified atom stereocenters. The first-order valence-electron chi connectivity index (χ1n) is 12.6. The number of thiazole rings is 1. The zero-order chi connectivity index (χ0) is 27.1. The summed E-state index contributed by atoms with van der Waals surface area (Å²) in [6.45, 7) is 3.79. The Morgan fingerprint density at radius 1 is 1.15 bits per heavy atom. The predicted molar refractivity (Wildman–Crippen MR) is 144 cm³/mol. The summed E-state index contributed by atoms with van der Waals surface area (Å²) in [6.07, 6.45) is 0.754. The largest absolute Gasteiger partial charge is 0.434 e. The molecular formula is C26H25F3N8OS. The Morgan fingerprint density at radius 3 is 2.72 bits per heavy atom. The monoisotopic (exact) mass is 554 g/mol. The average molecular weight is 555 g/mol. The first kappa shape index (κ1) is 25.4. The fourth-order valence-electron chi connectivity index (χ4n) is 5.14. The van der Waals surface area contributed by atoms with Gasteiger partial charge in [0.15, 0.2) is 5.69 Å². The summed E-state index contributed by atoms with van der Waals surface area (Å²) >= 11 is 0.887. The summed E-state index contributed by atoms with van der Waals surface area (Å²) < 4.78 is 40.4. The van der Waals surface area contributed by atoms with E-state index < -0.39 is 17.9 Å². The van der Waals surface area contributed by atoms with Crippen LogP contribution in [-0.2, 0) is 6.18 Å². The number of aromatic nitrogens is 4. The molecule has 0 aromatic carbocycles. The second-order valence-corrected chi connectivity index (χ2v) is 10.4. The van der Waals surface area contributed by atoms with Crippen LogP contribution in [-0.4, -0.2) is 57.7 Å². The van der Waals surface area contributed by atoms with Crippen molar-refractivity contribution < 1.29 is 18.0 Å². The lowest BCUT2D eigenvalue weighted by atomic mass is 9.91. The number of urea groups is 1. The number of fused-ring (bicyclic) bond motifs is 4. The van der Waals surface area contributed by atoms with E-state index in [0.717, 1.165) is 54.0 Å². The number of nitrogens with zero attached hydrogens (tertiary/aromatic N) is 5. The van der Waals surface area contributed by atoms with Gasteiger partial charge in [-0.2, -0.15) is 13.2 Å². The number of halogens is 3. The van der Waals surface area contributed by atoms with Gasteiger partial charge in [0.05, 0.1) is 11.0 Å². The van der Waals surface area contributed by atoms with Crippen molar-refractivity contribution in [3.8, 4) is 21.7 Å². The molecule has 0 aliphatic carbocycles. The number of carbonyl (C=O) groups excluding carboxylic acids is 1. The van der Waals surface area contributed by atoms with Crippen LogP contribution in [0.5, 0.6) is 0 Å². The van der Waals surface area contributed by atoms with Crippen LogP contribution in [0, 0.1) is 0 Å². The molecule has 4 aromatic rings. The maximum Gasteiger partial charge on any atom is 0.434 e. The molecule has 3 fully saturated rings. The number of carbonyl (C=O) groups is 1. The topological polar surface area (TPSA) is 108 Å². The lowest BCUT2D eigenvalue weighted by molar-refractivity contribution is -0.140. The number of nitrogens with one attached hydrogen (secondary N) is 3. The summed E-state index contributed by atoms with van der Waals surface area (Å²) in [7, 11) is 0. The van der Waals surface area contributed by atoms with Crippen molar-refractivity contribution in [3.63, 3.8) is 0 Å². The summed E-state index contributed by atoms with van der Waals surface area (Å²) in [5, 5.41) is 9.98. The lowest BCUT2D eigenvalue weighted by Gasteiger charge is -2.47. The number of anilines is 2. The highest BCUT2D eigenvalue weighted by atomic mass is 32.1. The van der Waals surface area contributed by atoms with Crippen molar-refractivity contribution in [3.05, 3.63) is 47.7 Å².